The normalized spacial score (nSPS) is 9.47. The van der Waals surface area contributed by atoms with E-state index < -0.39 is 0 Å². The number of anilines is 2. The third-order valence-electron chi connectivity index (χ3n) is 2.93. The minimum absolute atomic E-state index is 0. The van der Waals surface area contributed by atoms with Crippen LogP contribution in [-0.4, -0.2) is 30.1 Å². The van der Waals surface area contributed by atoms with Gasteiger partial charge in [-0.2, -0.15) is 23.8 Å². The van der Waals surface area contributed by atoms with Gasteiger partial charge >= 0.3 is 23.1 Å². The Morgan fingerprint density at radius 1 is 0.947 bits per heavy atom. The van der Waals surface area contributed by atoms with E-state index in [1.807, 2.05) is 6.07 Å². The first-order valence-corrected chi connectivity index (χ1v) is 5.99. The van der Waals surface area contributed by atoms with Crippen molar-refractivity contribution in [2.75, 3.05) is 11.9 Å². The van der Waals surface area contributed by atoms with Crippen LogP contribution in [0.15, 0.2) is 48.5 Å². The van der Waals surface area contributed by atoms with Crippen LogP contribution in [-0.2, 0) is 0 Å². The fourth-order valence-corrected chi connectivity index (χ4v) is 1.80. The molecular formula is C16H18BrMgN. The van der Waals surface area contributed by atoms with E-state index in [1.54, 1.807) is 0 Å². The molecule has 19 heavy (non-hydrogen) atoms. The first kappa shape index (κ1) is 18.5. The molecule has 0 aromatic heterocycles. The summed E-state index contributed by atoms with van der Waals surface area (Å²) >= 11 is 0. The maximum Gasteiger partial charge on any atom is 2.00 e. The van der Waals surface area contributed by atoms with E-state index in [0.717, 1.165) is 5.69 Å². The fourth-order valence-electron chi connectivity index (χ4n) is 1.80. The van der Waals surface area contributed by atoms with Gasteiger partial charge in [0.15, 0.2) is 0 Å². The van der Waals surface area contributed by atoms with Gasteiger partial charge < -0.3 is 21.9 Å². The summed E-state index contributed by atoms with van der Waals surface area (Å²) in [6.07, 6.45) is 0. The van der Waals surface area contributed by atoms with Crippen molar-refractivity contribution in [2.24, 2.45) is 0 Å². The smallest absolute Gasteiger partial charge is 1.00 e. The summed E-state index contributed by atoms with van der Waals surface area (Å²) in [5.41, 5.74) is 3.55. The summed E-state index contributed by atoms with van der Waals surface area (Å²) < 4.78 is 0. The number of hydrogen-bond donors (Lipinski definition) is 0. The zero-order valence-corrected chi connectivity index (χ0v) is 14.7. The van der Waals surface area contributed by atoms with Gasteiger partial charge in [0.1, 0.15) is 0 Å². The number of hydrogen-bond acceptors (Lipinski definition) is 1. The molecule has 96 valence electrons. The zero-order chi connectivity index (χ0) is 12.3. The van der Waals surface area contributed by atoms with Gasteiger partial charge in [0.2, 0.25) is 0 Å². The third kappa shape index (κ3) is 4.82. The Balaban J connectivity index is 0.00000162. The van der Waals surface area contributed by atoms with Crippen LogP contribution in [0.5, 0.6) is 0 Å². The summed E-state index contributed by atoms with van der Waals surface area (Å²) in [7, 11) is 2.07. The topological polar surface area (TPSA) is 3.24 Å². The van der Waals surface area contributed by atoms with E-state index in [2.05, 4.69) is 74.3 Å². The molecule has 0 fully saturated rings. The Bertz CT molecular complexity index is 485. The molecule has 1 nitrogen and oxygen atoms in total. The summed E-state index contributed by atoms with van der Waals surface area (Å²) in [4.78, 5) is 2.16. The molecule has 2 aromatic rings. The van der Waals surface area contributed by atoms with E-state index in [0.29, 0.717) is 5.92 Å². The quantitative estimate of drug-likeness (QED) is 0.600. The van der Waals surface area contributed by atoms with Crippen molar-refractivity contribution >= 4 is 34.4 Å². The van der Waals surface area contributed by atoms with Crippen LogP contribution >= 0.6 is 0 Å². The fraction of sp³-hybridized carbons (Fsp3) is 0.250. The van der Waals surface area contributed by atoms with E-state index in [4.69, 9.17) is 0 Å². The standard InChI is InChI=1S/C16H18N.BrH.Mg/c1-13(2)14-8-7-11-16(12-14)17(3)15-9-5-4-6-10-15;;/h4-11,13H,1-3H3;1H;/q-1;;+2/p-1. The van der Waals surface area contributed by atoms with Crippen molar-refractivity contribution in [3.05, 3.63) is 60.2 Å². The molecule has 2 rings (SSSR count). The Kier molecular flexibility index (Phi) is 8.38. The second-order valence-electron chi connectivity index (χ2n) is 4.54. The molecule has 0 spiro atoms. The van der Waals surface area contributed by atoms with Crippen LogP contribution in [0.1, 0.15) is 25.3 Å². The Hall–Kier alpha value is -0.514. The Labute approximate surface area is 142 Å². The molecule has 0 aliphatic carbocycles. The van der Waals surface area contributed by atoms with Crippen LogP contribution in [0.25, 0.3) is 0 Å². The van der Waals surface area contributed by atoms with Crippen LogP contribution < -0.4 is 21.9 Å². The van der Waals surface area contributed by atoms with Gasteiger partial charge in [0.25, 0.3) is 0 Å². The van der Waals surface area contributed by atoms with Gasteiger partial charge in [-0.25, -0.2) is 0 Å². The molecule has 3 heteroatoms. The van der Waals surface area contributed by atoms with Crippen LogP contribution in [0.2, 0.25) is 0 Å². The number of halogens is 1. The van der Waals surface area contributed by atoms with Crippen molar-refractivity contribution in [3.8, 4) is 0 Å². The number of rotatable bonds is 3. The zero-order valence-electron chi connectivity index (χ0n) is 11.7. The molecule has 0 unspecified atom stereocenters. The molecule has 0 atom stereocenters. The molecule has 0 bridgehead atoms. The number of nitrogens with zero attached hydrogens (tertiary/aromatic N) is 1. The van der Waals surface area contributed by atoms with Gasteiger partial charge in [0, 0.05) is 12.7 Å². The van der Waals surface area contributed by atoms with Crippen molar-refractivity contribution in [1.82, 2.24) is 0 Å². The molecule has 2 aromatic carbocycles. The molecule has 0 amide bonds. The Morgan fingerprint density at radius 2 is 1.58 bits per heavy atom. The van der Waals surface area contributed by atoms with Gasteiger partial charge in [-0.15, -0.1) is 6.07 Å². The molecule has 0 aliphatic heterocycles. The minimum Gasteiger partial charge on any atom is -1.00 e. The van der Waals surface area contributed by atoms with Crippen LogP contribution in [0.4, 0.5) is 11.4 Å². The third-order valence-corrected chi connectivity index (χ3v) is 2.93. The molecule has 0 N–H and O–H groups in total. The minimum atomic E-state index is 0. The van der Waals surface area contributed by atoms with Gasteiger partial charge in [-0.1, -0.05) is 37.7 Å². The second-order valence-corrected chi connectivity index (χ2v) is 4.54. The molecule has 0 heterocycles. The van der Waals surface area contributed by atoms with Gasteiger partial charge in [-0.3, -0.25) is 0 Å². The summed E-state index contributed by atoms with van der Waals surface area (Å²) in [6, 6.07) is 20.1. The predicted octanol–water partition coefficient (Wildman–Crippen LogP) is 1.00. The molecule has 0 radical (unpaired) electrons. The van der Waals surface area contributed by atoms with E-state index in [9.17, 15) is 0 Å². The number of para-hydroxylation sites is 1. The molecule has 0 aliphatic rings. The largest absolute Gasteiger partial charge is 2.00 e. The van der Waals surface area contributed by atoms with Crippen molar-refractivity contribution in [2.45, 2.75) is 19.8 Å². The molecule has 0 saturated carbocycles. The monoisotopic (exact) mass is 327 g/mol. The second kappa shape index (κ2) is 8.62. The van der Waals surface area contributed by atoms with Crippen molar-refractivity contribution < 1.29 is 17.0 Å². The molecule has 0 saturated heterocycles. The average Bonchev–Trinajstić information content (AvgIpc) is 2.39. The summed E-state index contributed by atoms with van der Waals surface area (Å²) in [5, 5.41) is 0. The van der Waals surface area contributed by atoms with Gasteiger partial charge in [0.05, 0.1) is 0 Å². The SMILES string of the molecule is CC(C)c1[c-]c(N(C)c2ccccc2)ccc1.[Br-].[Mg+2]. The number of benzene rings is 2. The molecular weight excluding hydrogens is 310 g/mol. The predicted molar refractivity (Wildman–Crippen MR) is 79.6 cm³/mol. The van der Waals surface area contributed by atoms with Gasteiger partial charge in [-0.05, 0) is 18.1 Å². The van der Waals surface area contributed by atoms with Crippen molar-refractivity contribution in [3.63, 3.8) is 0 Å². The van der Waals surface area contributed by atoms with E-state index in [-0.39, 0.29) is 40.0 Å². The Morgan fingerprint density at radius 3 is 2.16 bits per heavy atom. The maximum absolute atomic E-state index is 3.47. The average molecular weight is 329 g/mol. The maximum atomic E-state index is 3.47. The van der Waals surface area contributed by atoms with E-state index >= 15 is 0 Å². The first-order chi connectivity index (χ1) is 8.18. The van der Waals surface area contributed by atoms with Crippen LogP contribution in [0.3, 0.4) is 0 Å². The summed E-state index contributed by atoms with van der Waals surface area (Å²) in [6.45, 7) is 4.39. The first-order valence-electron chi connectivity index (χ1n) is 5.99. The van der Waals surface area contributed by atoms with E-state index in [1.165, 1.54) is 11.3 Å². The summed E-state index contributed by atoms with van der Waals surface area (Å²) in [5.74, 6) is 0.513. The van der Waals surface area contributed by atoms with Crippen molar-refractivity contribution in [1.29, 1.82) is 0 Å². The van der Waals surface area contributed by atoms with Crippen LogP contribution in [0, 0.1) is 6.07 Å².